The largest absolute Gasteiger partial charge is 0.389 e. The number of hydrogen-bond donors (Lipinski definition) is 2. The molecule has 98 valence electrons. The minimum Gasteiger partial charge on any atom is -0.389 e. The van der Waals surface area contributed by atoms with Gasteiger partial charge in [-0.15, -0.1) is 0 Å². The molecule has 0 aliphatic rings. The van der Waals surface area contributed by atoms with Crippen LogP contribution in [0.1, 0.15) is 11.1 Å². The first-order valence-electron chi connectivity index (χ1n) is 5.35. The van der Waals surface area contributed by atoms with Crippen LogP contribution in [0.3, 0.4) is 0 Å². The third kappa shape index (κ3) is 2.94. The highest BCUT2D eigenvalue weighted by molar-refractivity contribution is 7.80. The number of aromatic nitrogens is 2. The molecule has 0 aliphatic heterocycles. The van der Waals surface area contributed by atoms with Crippen LogP contribution in [-0.2, 0) is 6.54 Å². The third-order valence-electron chi connectivity index (χ3n) is 2.57. The molecule has 0 aliphatic carbocycles. The van der Waals surface area contributed by atoms with Crippen molar-refractivity contribution in [1.82, 2.24) is 9.55 Å². The first-order valence-corrected chi connectivity index (χ1v) is 5.76. The quantitative estimate of drug-likeness (QED) is 0.795. The van der Waals surface area contributed by atoms with Crippen molar-refractivity contribution in [2.45, 2.75) is 6.54 Å². The van der Waals surface area contributed by atoms with E-state index < -0.39 is 17.1 Å². The van der Waals surface area contributed by atoms with E-state index in [0.717, 1.165) is 0 Å². The van der Waals surface area contributed by atoms with Crippen molar-refractivity contribution in [3.63, 3.8) is 0 Å². The number of rotatable bonds is 3. The minimum absolute atomic E-state index is 0.0160. The van der Waals surface area contributed by atoms with Gasteiger partial charge in [0.05, 0.1) is 6.54 Å². The van der Waals surface area contributed by atoms with Gasteiger partial charge in [-0.3, -0.25) is 14.3 Å². The SMILES string of the molecule is NC(=S)c1ccc(F)c(Cn2ccc(=O)[nH]c2=O)c1. The number of nitrogens with zero attached hydrogens (tertiary/aromatic N) is 1. The average molecular weight is 279 g/mol. The van der Waals surface area contributed by atoms with E-state index in [2.05, 4.69) is 4.98 Å². The molecular weight excluding hydrogens is 269 g/mol. The number of nitrogens with two attached hydrogens (primary N) is 1. The number of H-pyrrole nitrogens is 1. The van der Waals surface area contributed by atoms with E-state index in [-0.39, 0.29) is 17.1 Å². The van der Waals surface area contributed by atoms with Gasteiger partial charge in [-0.05, 0) is 18.2 Å². The predicted molar refractivity (Wildman–Crippen MR) is 72.7 cm³/mol. The Morgan fingerprint density at radius 3 is 2.74 bits per heavy atom. The van der Waals surface area contributed by atoms with Gasteiger partial charge in [0.25, 0.3) is 5.56 Å². The van der Waals surface area contributed by atoms with Gasteiger partial charge in [0.15, 0.2) is 0 Å². The van der Waals surface area contributed by atoms with Crippen LogP contribution in [0.2, 0.25) is 0 Å². The van der Waals surface area contributed by atoms with Gasteiger partial charge in [-0.1, -0.05) is 12.2 Å². The van der Waals surface area contributed by atoms with Crippen molar-refractivity contribution in [3.05, 3.63) is 68.2 Å². The van der Waals surface area contributed by atoms with E-state index in [1.807, 2.05) is 0 Å². The fraction of sp³-hybridized carbons (Fsp3) is 0.0833. The van der Waals surface area contributed by atoms with E-state index in [4.69, 9.17) is 18.0 Å². The highest BCUT2D eigenvalue weighted by atomic mass is 32.1. The lowest BCUT2D eigenvalue weighted by Crippen LogP contribution is -2.29. The van der Waals surface area contributed by atoms with Gasteiger partial charge in [-0.25, -0.2) is 9.18 Å². The van der Waals surface area contributed by atoms with E-state index in [9.17, 15) is 14.0 Å². The minimum atomic E-state index is -0.604. The molecule has 3 N–H and O–H groups in total. The molecule has 0 bridgehead atoms. The summed E-state index contributed by atoms with van der Waals surface area (Å²) in [7, 11) is 0. The zero-order valence-corrected chi connectivity index (χ0v) is 10.5. The van der Waals surface area contributed by atoms with Crippen LogP contribution in [0, 0.1) is 5.82 Å². The van der Waals surface area contributed by atoms with Gasteiger partial charge < -0.3 is 5.73 Å². The number of thiocarbonyl (C=S) groups is 1. The molecule has 1 heterocycles. The fourth-order valence-electron chi connectivity index (χ4n) is 1.60. The Bertz CT molecular complexity index is 751. The monoisotopic (exact) mass is 279 g/mol. The Labute approximate surface area is 112 Å². The van der Waals surface area contributed by atoms with E-state index in [1.54, 1.807) is 0 Å². The Kier molecular flexibility index (Phi) is 3.57. The number of benzene rings is 1. The van der Waals surface area contributed by atoms with Crippen LogP contribution in [0.15, 0.2) is 40.1 Å². The van der Waals surface area contributed by atoms with Crippen molar-refractivity contribution in [3.8, 4) is 0 Å². The van der Waals surface area contributed by atoms with Gasteiger partial charge in [0, 0.05) is 23.4 Å². The summed E-state index contributed by atoms with van der Waals surface area (Å²) < 4.78 is 14.8. The van der Waals surface area contributed by atoms with Crippen LogP contribution in [0.5, 0.6) is 0 Å². The molecular formula is C12H10FN3O2S. The summed E-state index contributed by atoms with van der Waals surface area (Å²) in [6.07, 6.45) is 1.30. The molecule has 2 rings (SSSR count). The van der Waals surface area contributed by atoms with Crippen molar-refractivity contribution in [2.75, 3.05) is 0 Å². The lowest BCUT2D eigenvalue weighted by molar-refractivity contribution is 0.592. The van der Waals surface area contributed by atoms with Gasteiger partial charge in [0.2, 0.25) is 0 Å². The molecule has 19 heavy (non-hydrogen) atoms. The first kappa shape index (κ1) is 13.2. The molecule has 0 radical (unpaired) electrons. The Hall–Kier alpha value is -2.28. The fourth-order valence-corrected chi connectivity index (χ4v) is 1.73. The van der Waals surface area contributed by atoms with Gasteiger partial charge in [0.1, 0.15) is 10.8 Å². The summed E-state index contributed by atoms with van der Waals surface area (Å²) in [5.41, 5.74) is 5.14. The zero-order valence-electron chi connectivity index (χ0n) is 9.72. The summed E-state index contributed by atoms with van der Waals surface area (Å²) >= 11 is 4.81. The van der Waals surface area contributed by atoms with Gasteiger partial charge in [-0.2, -0.15) is 0 Å². The van der Waals surface area contributed by atoms with Crippen LogP contribution >= 0.6 is 12.2 Å². The summed E-state index contributed by atoms with van der Waals surface area (Å²) in [5.74, 6) is -0.474. The lowest BCUT2D eigenvalue weighted by Gasteiger charge is -2.08. The molecule has 5 nitrogen and oxygen atoms in total. The molecule has 0 saturated heterocycles. The van der Waals surface area contributed by atoms with Crippen LogP contribution < -0.4 is 17.0 Å². The molecule has 7 heteroatoms. The summed E-state index contributed by atoms with van der Waals surface area (Å²) in [6, 6.07) is 5.38. The highest BCUT2D eigenvalue weighted by Gasteiger charge is 2.07. The maximum Gasteiger partial charge on any atom is 0.328 e. The molecule has 0 saturated carbocycles. The number of nitrogens with one attached hydrogen (secondary N) is 1. The Morgan fingerprint density at radius 1 is 1.37 bits per heavy atom. The lowest BCUT2D eigenvalue weighted by atomic mass is 10.1. The third-order valence-corrected chi connectivity index (χ3v) is 2.80. The molecule has 1 aromatic carbocycles. The molecule has 0 amide bonds. The normalized spacial score (nSPS) is 10.4. The molecule has 2 aromatic rings. The van der Waals surface area contributed by atoms with E-state index >= 15 is 0 Å². The smallest absolute Gasteiger partial charge is 0.328 e. The second kappa shape index (κ2) is 5.15. The Morgan fingerprint density at radius 2 is 2.11 bits per heavy atom. The van der Waals surface area contributed by atoms with Gasteiger partial charge >= 0.3 is 5.69 Å². The number of aromatic amines is 1. The summed E-state index contributed by atoms with van der Waals surface area (Å²) in [5, 5.41) is 0. The number of halogens is 1. The Balaban J connectivity index is 2.42. The molecule has 0 spiro atoms. The first-order chi connectivity index (χ1) is 8.97. The van der Waals surface area contributed by atoms with E-state index in [0.29, 0.717) is 5.56 Å². The maximum atomic E-state index is 13.7. The van der Waals surface area contributed by atoms with Crippen LogP contribution in [0.25, 0.3) is 0 Å². The topological polar surface area (TPSA) is 80.9 Å². The summed E-state index contributed by atoms with van der Waals surface area (Å²) in [6.45, 7) is -0.0160. The van der Waals surface area contributed by atoms with Crippen molar-refractivity contribution in [1.29, 1.82) is 0 Å². The molecule has 1 aromatic heterocycles. The molecule has 0 atom stereocenters. The summed E-state index contributed by atoms with van der Waals surface area (Å²) in [4.78, 5) is 24.7. The van der Waals surface area contributed by atoms with Crippen molar-refractivity contribution in [2.24, 2.45) is 5.73 Å². The van der Waals surface area contributed by atoms with Crippen LogP contribution in [-0.4, -0.2) is 14.5 Å². The molecule has 0 fully saturated rings. The maximum absolute atomic E-state index is 13.7. The standard InChI is InChI=1S/C12H10FN3O2S/c13-9-2-1-7(11(14)19)5-8(9)6-16-4-3-10(17)15-12(16)18/h1-5H,6H2,(H2,14,19)(H,15,17,18). The second-order valence-electron chi connectivity index (χ2n) is 3.91. The predicted octanol–water partition coefficient (Wildman–Crippen LogP) is 0.358. The van der Waals surface area contributed by atoms with Crippen LogP contribution in [0.4, 0.5) is 4.39 Å². The molecule has 0 unspecified atom stereocenters. The number of hydrogen-bond acceptors (Lipinski definition) is 3. The average Bonchev–Trinajstić information content (AvgIpc) is 2.34. The van der Waals surface area contributed by atoms with E-state index in [1.165, 1.54) is 35.0 Å². The van der Waals surface area contributed by atoms with Crippen molar-refractivity contribution < 1.29 is 4.39 Å². The second-order valence-corrected chi connectivity index (χ2v) is 4.35. The van der Waals surface area contributed by atoms with Crippen molar-refractivity contribution >= 4 is 17.2 Å². The zero-order chi connectivity index (χ0) is 14.0. The highest BCUT2D eigenvalue weighted by Crippen LogP contribution is 2.11.